The molecule has 0 saturated carbocycles. The van der Waals surface area contributed by atoms with Gasteiger partial charge in [0.05, 0.1) is 12.5 Å². The molecule has 7 heteroatoms. The minimum atomic E-state index is -3.09. The molecule has 0 saturated heterocycles. The van der Waals surface area contributed by atoms with Gasteiger partial charge in [0, 0.05) is 27.5 Å². The van der Waals surface area contributed by atoms with Gasteiger partial charge in [0.15, 0.2) is 11.2 Å². The number of imidazole rings is 1. The number of nitrogens with zero attached hydrogens (tertiary/aromatic N) is 4. The number of halogens is 1. The lowest BCUT2D eigenvalue weighted by molar-refractivity contribution is 0.328. The summed E-state index contributed by atoms with van der Waals surface area (Å²) in [5.41, 5.74) is -1.28. The summed E-state index contributed by atoms with van der Waals surface area (Å²) >= 11 is 0. The summed E-state index contributed by atoms with van der Waals surface area (Å²) in [5, 5.41) is 0. The third-order valence-electron chi connectivity index (χ3n) is 3.02. The first kappa shape index (κ1) is 8.39. The summed E-state index contributed by atoms with van der Waals surface area (Å²) in [6.45, 7) is -3.30. The standard InChI is InChI=1S/C13H19FN4O2/c1-9(14)6-4-5-7-18-12(19)10-11(15-8-16(10)2)17(3)13(18)20/h8-9H,4-7H2,1-3H3/i1D3,6D2,8D. The van der Waals surface area contributed by atoms with E-state index in [-0.39, 0.29) is 30.4 Å². The van der Waals surface area contributed by atoms with E-state index in [1.807, 2.05) is 0 Å². The Morgan fingerprint density at radius 3 is 2.95 bits per heavy atom. The maximum atomic E-state index is 13.8. The summed E-state index contributed by atoms with van der Waals surface area (Å²) in [4.78, 5) is 28.7. The fourth-order valence-corrected chi connectivity index (χ4v) is 2.00. The summed E-state index contributed by atoms with van der Waals surface area (Å²) < 4.78 is 60.8. The Balaban J connectivity index is 2.32. The lowest BCUT2D eigenvalue weighted by Gasteiger charge is -2.08. The molecular formula is C13H19FN4O2. The van der Waals surface area contributed by atoms with E-state index in [1.165, 1.54) is 18.7 Å². The van der Waals surface area contributed by atoms with Crippen LogP contribution in [0.1, 0.15) is 34.3 Å². The first-order valence-corrected chi connectivity index (χ1v) is 6.06. The quantitative estimate of drug-likeness (QED) is 0.823. The van der Waals surface area contributed by atoms with Gasteiger partial charge < -0.3 is 4.57 Å². The van der Waals surface area contributed by atoms with Crippen LogP contribution in [-0.4, -0.2) is 24.9 Å². The van der Waals surface area contributed by atoms with Crippen molar-refractivity contribution in [2.45, 2.75) is 38.8 Å². The Kier molecular flexibility index (Phi) is 2.35. The second-order valence-corrected chi connectivity index (χ2v) is 4.41. The van der Waals surface area contributed by atoms with Crippen molar-refractivity contribution < 1.29 is 12.6 Å². The predicted molar refractivity (Wildman–Crippen MR) is 74.6 cm³/mol. The summed E-state index contributed by atoms with van der Waals surface area (Å²) in [6.07, 6.45) is -6.07. The van der Waals surface area contributed by atoms with E-state index in [4.69, 9.17) is 8.22 Å². The van der Waals surface area contributed by atoms with Gasteiger partial charge in [0.25, 0.3) is 5.56 Å². The van der Waals surface area contributed by atoms with Crippen LogP contribution in [0, 0.1) is 0 Å². The van der Waals surface area contributed by atoms with Crippen LogP contribution in [0.25, 0.3) is 11.2 Å². The molecule has 2 heterocycles. The van der Waals surface area contributed by atoms with E-state index in [1.54, 1.807) is 0 Å². The summed E-state index contributed by atoms with van der Waals surface area (Å²) in [6, 6.07) is 0. The molecule has 0 fully saturated rings. The molecule has 0 aliphatic rings. The van der Waals surface area contributed by atoms with Crippen molar-refractivity contribution in [1.29, 1.82) is 0 Å². The molecular weight excluding hydrogens is 263 g/mol. The Morgan fingerprint density at radius 2 is 2.25 bits per heavy atom. The number of hydrogen-bond acceptors (Lipinski definition) is 3. The van der Waals surface area contributed by atoms with E-state index in [2.05, 4.69) is 4.98 Å². The van der Waals surface area contributed by atoms with Crippen LogP contribution in [0.5, 0.6) is 0 Å². The molecule has 0 N–H and O–H groups in total. The van der Waals surface area contributed by atoms with Crippen molar-refractivity contribution >= 4 is 11.2 Å². The number of rotatable bonds is 5. The van der Waals surface area contributed by atoms with Gasteiger partial charge in [-0.25, -0.2) is 14.2 Å². The van der Waals surface area contributed by atoms with Crippen LogP contribution in [0.2, 0.25) is 0 Å². The second kappa shape index (κ2) is 5.60. The molecule has 0 aliphatic heterocycles. The van der Waals surface area contributed by atoms with Gasteiger partial charge in [0.2, 0.25) is 0 Å². The van der Waals surface area contributed by atoms with Gasteiger partial charge in [-0.05, 0) is 26.1 Å². The number of aromatic nitrogens is 4. The third kappa shape index (κ3) is 2.52. The molecule has 0 radical (unpaired) electrons. The van der Waals surface area contributed by atoms with Gasteiger partial charge in [-0.3, -0.25) is 13.9 Å². The highest BCUT2D eigenvalue weighted by molar-refractivity contribution is 5.69. The van der Waals surface area contributed by atoms with E-state index in [0.29, 0.717) is 0 Å². The van der Waals surface area contributed by atoms with Crippen molar-refractivity contribution in [3.05, 3.63) is 27.1 Å². The van der Waals surface area contributed by atoms with Gasteiger partial charge in [-0.15, -0.1) is 0 Å². The fraction of sp³-hybridized carbons (Fsp3) is 0.615. The molecule has 20 heavy (non-hydrogen) atoms. The van der Waals surface area contributed by atoms with Crippen LogP contribution < -0.4 is 11.2 Å². The molecule has 0 aliphatic carbocycles. The smallest absolute Gasteiger partial charge is 0.328 e. The zero-order chi connectivity index (χ0) is 20.0. The molecule has 0 spiro atoms. The topological polar surface area (TPSA) is 61.8 Å². The molecule has 2 aromatic rings. The molecule has 6 nitrogen and oxygen atoms in total. The number of fused-ring (bicyclic) bond motifs is 1. The second-order valence-electron chi connectivity index (χ2n) is 4.41. The average molecular weight is 288 g/mol. The first-order valence-electron chi connectivity index (χ1n) is 9.06. The summed E-state index contributed by atoms with van der Waals surface area (Å²) in [7, 11) is 2.84. The zero-order valence-corrected chi connectivity index (χ0v) is 11.2. The number of hydrogen-bond donors (Lipinski definition) is 0. The maximum absolute atomic E-state index is 13.8. The molecule has 1 unspecified atom stereocenters. The van der Waals surface area contributed by atoms with E-state index >= 15 is 0 Å². The van der Waals surface area contributed by atoms with Crippen molar-refractivity contribution in [1.82, 2.24) is 18.7 Å². The van der Waals surface area contributed by atoms with Gasteiger partial charge in [-0.1, -0.05) is 0 Å². The lowest BCUT2D eigenvalue weighted by Crippen LogP contribution is -2.39. The van der Waals surface area contributed by atoms with Crippen LogP contribution in [-0.2, 0) is 20.6 Å². The summed E-state index contributed by atoms with van der Waals surface area (Å²) in [5.74, 6) is 0. The molecule has 0 bridgehead atoms. The maximum Gasteiger partial charge on any atom is 0.332 e. The Morgan fingerprint density at radius 1 is 1.50 bits per heavy atom. The highest BCUT2D eigenvalue weighted by atomic mass is 19.1. The minimum absolute atomic E-state index is 0.0472. The third-order valence-corrected chi connectivity index (χ3v) is 3.02. The van der Waals surface area contributed by atoms with Gasteiger partial charge in [-0.2, -0.15) is 0 Å². The molecule has 110 valence electrons. The number of alkyl halides is 1. The molecule has 0 aromatic carbocycles. The minimum Gasteiger partial charge on any atom is -0.328 e. The molecule has 2 rings (SSSR count). The number of aryl methyl sites for hydroxylation is 2. The molecule has 2 aromatic heterocycles. The predicted octanol–water partition coefficient (Wildman–Crippen LogP) is 0.962. The van der Waals surface area contributed by atoms with Crippen LogP contribution >= 0.6 is 0 Å². The molecule has 0 amide bonds. The van der Waals surface area contributed by atoms with Gasteiger partial charge in [0.1, 0.15) is 1.37 Å². The average Bonchev–Trinajstić information content (AvgIpc) is 2.82. The van der Waals surface area contributed by atoms with Crippen LogP contribution in [0.15, 0.2) is 15.9 Å². The van der Waals surface area contributed by atoms with E-state index < -0.39 is 37.1 Å². The largest absolute Gasteiger partial charge is 0.332 e. The Bertz CT molecular complexity index is 945. The highest BCUT2D eigenvalue weighted by Gasteiger charge is 2.14. The van der Waals surface area contributed by atoms with Crippen molar-refractivity contribution in [3.8, 4) is 0 Å². The monoisotopic (exact) mass is 288 g/mol. The Labute approximate surface area is 123 Å². The van der Waals surface area contributed by atoms with E-state index in [0.717, 1.165) is 9.13 Å². The zero-order valence-electron chi connectivity index (χ0n) is 17.2. The van der Waals surface area contributed by atoms with Crippen molar-refractivity contribution in [2.24, 2.45) is 14.1 Å². The van der Waals surface area contributed by atoms with Crippen LogP contribution in [0.4, 0.5) is 4.39 Å². The van der Waals surface area contributed by atoms with Crippen molar-refractivity contribution in [2.75, 3.05) is 0 Å². The Hall–Kier alpha value is -1.92. The lowest BCUT2D eigenvalue weighted by atomic mass is 10.2. The first-order chi connectivity index (χ1) is 11.8. The van der Waals surface area contributed by atoms with Crippen molar-refractivity contribution in [3.63, 3.8) is 0 Å². The highest BCUT2D eigenvalue weighted by Crippen LogP contribution is 2.06. The van der Waals surface area contributed by atoms with Crippen LogP contribution in [0.3, 0.4) is 0 Å². The normalized spacial score (nSPS) is 18.8. The fourth-order valence-electron chi connectivity index (χ4n) is 2.00. The molecule has 1 atom stereocenters. The SMILES string of the molecule is [2H]c1nc2c(c(=O)n(CCCC([2H])([2H])C(F)C([2H])([2H])[2H])c(=O)n2C)n1C. The van der Waals surface area contributed by atoms with E-state index in [9.17, 15) is 14.0 Å². The van der Waals surface area contributed by atoms with Gasteiger partial charge >= 0.3 is 5.69 Å².